The number of anilines is 1. The summed E-state index contributed by atoms with van der Waals surface area (Å²) in [5.74, 6) is -0.651. The average molecular weight is 759 g/mol. The summed E-state index contributed by atoms with van der Waals surface area (Å²) in [6.45, 7) is 0.405. The average Bonchev–Trinajstić information content (AvgIpc) is 3.76. The van der Waals surface area contributed by atoms with Gasteiger partial charge in [0.25, 0.3) is 5.91 Å². The van der Waals surface area contributed by atoms with E-state index >= 15 is 0 Å². The topological polar surface area (TPSA) is 153 Å². The highest BCUT2D eigenvalue weighted by Crippen LogP contribution is 2.44. The Hall–Kier alpha value is -4.85. The predicted molar refractivity (Wildman–Crippen MR) is 193 cm³/mol. The maximum absolute atomic E-state index is 12.9. The molecular formula is C38H40BrN5O7. The van der Waals surface area contributed by atoms with Crippen LogP contribution < -0.4 is 16.3 Å². The number of aliphatic hydroxyl groups excluding tert-OH is 1. The van der Waals surface area contributed by atoms with E-state index in [4.69, 9.17) is 19.2 Å². The van der Waals surface area contributed by atoms with Crippen LogP contribution in [0.5, 0.6) is 0 Å². The summed E-state index contributed by atoms with van der Waals surface area (Å²) in [5, 5.41) is 15.1. The maximum Gasteiger partial charge on any atom is 0.407 e. The lowest BCUT2D eigenvalue weighted by molar-refractivity contribution is -0.143. The first-order chi connectivity index (χ1) is 24.8. The van der Waals surface area contributed by atoms with Crippen molar-refractivity contribution in [1.82, 2.24) is 14.9 Å². The quantitative estimate of drug-likeness (QED) is 0.116. The minimum absolute atomic E-state index is 0.0796. The zero-order valence-electron chi connectivity index (χ0n) is 28.2. The number of nitrogens with one attached hydrogen (secondary N) is 2. The number of ether oxygens (including phenoxy) is 3. The molecule has 51 heavy (non-hydrogen) atoms. The van der Waals surface area contributed by atoms with Crippen molar-refractivity contribution in [3.8, 4) is 11.1 Å². The molecule has 2 heterocycles. The maximum atomic E-state index is 12.9. The van der Waals surface area contributed by atoms with Crippen molar-refractivity contribution in [2.45, 2.75) is 56.4 Å². The molecule has 6 rings (SSSR count). The minimum atomic E-state index is -0.895. The molecule has 1 aromatic heterocycles. The Morgan fingerprint density at radius 2 is 1.71 bits per heavy atom. The highest BCUT2D eigenvalue weighted by molar-refractivity contribution is 9.10. The Morgan fingerprint density at radius 1 is 1.00 bits per heavy atom. The van der Waals surface area contributed by atoms with Crippen molar-refractivity contribution in [2.75, 3.05) is 32.2 Å². The molecule has 2 aliphatic rings. The zero-order valence-corrected chi connectivity index (χ0v) is 29.8. The van der Waals surface area contributed by atoms with Gasteiger partial charge in [-0.15, -0.1) is 0 Å². The summed E-state index contributed by atoms with van der Waals surface area (Å²) < 4.78 is 19.3. The van der Waals surface area contributed by atoms with Crippen molar-refractivity contribution in [2.24, 2.45) is 4.99 Å². The minimum Gasteiger partial charge on any atom is -0.467 e. The molecule has 3 atom stereocenters. The Balaban J connectivity index is 1.07. The van der Waals surface area contributed by atoms with Crippen LogP contribution in [0.1, 0.15) is 65.7 Å². The molecule has 3 N–H and O–H groups in total. The second-order valence-corrected chi connectivity index (χ2v) is 13.3. The summed E-state index contributed by atoms with van der Waals surface area (Å²) in [6, 6.07) is 23.9. The lowest BCUT2D eigenvalue weighted by Gasteiger charge is -2.18. The van der Waals surface area contributed by atoms with Gasteiger partial charge in [0.2, 0.25) is 5.62 Å². The van der Waals surface area contributed by atoms with Crippen molar-refractivity contribution < 1.29 is 33.7 Å². The molecule has 0 saturated carbocycles. The number of hydrogen-bond donors (Lipinski definition) is 3. The largest absolute Gasteiger partial charge is 0.467 e. The third-order valence-corrected chi connectivity index (χ3v) is 9.60. The molecule has 1 aliphatic heterocycles. The van der Waals surface area contributed by atoms with Gasteiger partial charge in [-0.2, -0.15) is 4.98 Å². The first-order valence-electron chi connectivity index (χ1n) is 17.0. The molecule has 12 nitrogen and oxygen atoms in total. The van der Waals surface area contributed by atoms with Gasteiger partial charge >= 0.3 is 12.1 Å². The van der Waals surface area contributed by atoms with Crippen LogP contribution in [0.15, 0.2) is 94.5 Å². The van der Waals surface area contributed by atoms with E-state index in [9.17, 15) is 19.5 Å². The van der Waals surface area contributed by atoms with Gasteiger partial charge in [-0.1, -0.05) is 64.5 Å². The summed E-state index contributed by atoms with van der Waals surface area (Å²) >= 11 is 3.38. The number of nitrogens with zero attached hydrogens (tertiary/aromatic N) is 3. The molecular weight excluding hydrogens is 718 g/mol. The zero-order chi connectivity index (χ0) is 35.7. The number of carbonyl (C=O) groups excluding carboxylic acids is 3. The van der Waals surface area contributed by atoms with Gasteiger partial charge in [-0.05, 0) is 84.7 Å². The van der Waals surface area contributed by atoms with Gasteiger partial charge in [0.05, 0.1) is 19.8 Å². The molecule has 2 amide bonds. The number of aromatic nitrogens is 2. The first-order valence-corrected chi connectivity index (χ1v) is 17.8. The number of aliphatic hydroxyl groups is 1. The van der Waals surface area contributed by atoms with E-state index in [2.05, 4.69) is 43.7 Å². The molecule has 3 aromatic carbocycles. The number of hydrogen-bond acceptors (Lipinski definition) is 9. The highest BCUT2D eigenvalue weighted by atomic mass is 79.9. The van der Waals surface area contributed by atoms with Crippen LogP contribution in [0.4, 0.5) is 10.6 Å². The molecule has 13 heteroatoms. The molecule has 1 fully saturated rings. The van der Waals surface area contributed by atoms with Crippen LogP contribution in [-0.4, -0.2) is 71.6 Å². The van der Waals surface area contributed by atoms with Gasteiger partial charge < -0.3 is 30.0 Å². The SMILES string of the molecule is COC(=O)[C@H](CCCCN=c1nc(NC(=O)c2ccc(Br)cc2)ccn1[C@H]1CC[C@@H](CO)O1)NC(=O)OCC1c2ccccc2-c2ccccc21. The highest BCUT2D eigenvalue weighted by Gasteiger charge is 2.30. The van der Waals surface area contributed by atoms with Crippen molar-refractivity contribution >= 4 is 39.7 Å². The van der Waals surface area contributed by atoms with Gasteiger partial charge in [0.15, 0.2) is 0 Å². The number of fused-ring (bicyclic) bond motifs is 3. The van der Waals surface area contributed by atoms with Crippen LogP contribution in [0.2, 0.25) is 0 Å². The lowest BCUT2D eigenvalue weighted by atomic mass is 9.98. The normalized spacial score (nSPS) is 17.4. The number of rotatable bonds is 13. The fraction of sp³-hybridized carbons (Fsp3) is 0.342. The smallest absolute Gasteiger partial charge is 0.407 e. The number of alkyl carbamates (subject to hydrolysis) is 1. The van der Waals surface area contributed by atoms with Crippen LogP contribution in [-0.2, 0) is 19.0 Å². The summed E-state index contributed by atoms with van der Waals surface area (Å²) in [5.41, 5.74) is 5.29. The standard InChI is InChI=1S/C38H40BrN5O7/c1-49-36(47)32(41-38(48)50-23-31-29-10-4-2-8-27(29)28-9-3-5-11-30(28)31)12-6-7-20-40-37-43-33(42-35(46)24-13-15-25(39)16-14-24)19-21-44(37)34-18-17-26(22-45)51-34/h2-5,8-11,13-16,19,21,26,31-32,34,45H,6-7,12,17-18,20,22-23H2,1H3,(H,41,48)(H,40,42,43,46)/t26-,32-,34+/m0/s1. The number of amides is 2. The van der Waals surface area contributed by atoms with E-state index in [0.717, 1.165) is 26.7 Å². The van der Waals surface area contributed by atoms with E-state index < -0.39 is 18.1 Å². The number of methoxy groups -OCH3 is 1. The van der Waals surface area contributed by atoms with Crippen LogP contribution in [0.3, 0.4) is 0 Å². The second kappa shape index (κ2) is 16.9. The third kappa shape index (κ3) is 8.73. The molecule has 4 aromatic rings. The number of esters is 1. The van der Waals surface area contributed by atoms with Crippen LogP contribution >= 0.6 is 15.9 Å². The fourth-order valence-electron chi connectivity index (χ4n) is 6.46. The van der Waals surface area contributed by atoms with Gasteiger partial charge in [0, 0.05) is 28.7 Å². The van der Waals surface area contributed by atoms with Crippen molar-refractivity contribution in [3.05, 3.63) is 112 Å². The molecule has 1 saturated heterocycles. The Bertz CT molecular complexity index is 1890. The van der Waals surface area contributed by atoms with Crippen LogP contribution in [0, 0.1) is 0 Å². The molecule has 1 aliphatic carbocycles. The van der Waals surface area contributed by atoms with E-state index in [1.54, 1.807) is 41.1 Å². The monoisotopic (exact) mass is 757 g/mol. The Morgan fingerprint density at radius 3 is 2.37 bits per heavy atom. The van der Waals surface area contributed by atoms with Crippen molar-refractivity contribution in [3.63, 3.8) is 0 Å². The van der Waals surface area contributed by atoms with E-state index in [1.165, 1.54) is 7.11 Å². The van der Waals surface area contributed by atoms with Gasteiger partial charge in [-0.25, -0.2) is 9.59 Å². The van der Waals surface area contributed by atoms with Gasteiger partial charge in [0.1, 0.15) is 24.7 Å². The van der Waals surface area contributed by atoms with Gasteiger partial charge in [-0.3, -0.25) is 14.4 Å². The van der Waals surface area contributed by atoms with Crippen molar-refractivity contribution in [1.29, 1.82) is 0 Å². The lowest BCUT2D eigenvalue weighted by Crippen LogP contribution is -2.42. The predicted octanol–water partition coefficient (Wildman–Crippen LogP) is 5.72. The fourth-order valence-corrected chi connectivity index (χ4v) is 6.72. The van der Waals surface area contributed by atoms with Crippen LogP contribution in [0.25, 0.3) is 11.1 Å². The molecule has 0 unspecified atom stereocenters. The van der Waals surface area contributed by atoms with E-state index in [-0.39, 0.29) is 37.4 Å². The summed E-state index contributed by atoms with van der Waals surface area (Å²) in [6.07, 6.45) is 3.23. The summed E-state index contributed by atoms with van der Waals surface area (Å²) in [7, 11) is 1.28. The Kier molecular flexibility index (Phi) is 11.9. The second-order valence-electron chi connectivity index (χ2n) is 12.4. The Labute approximate surface area is 304 Å². The number of halogens is 1. The third-order valence-electron chi connectivity index (χ3n) is 9.07. The molecule has 266 valence electrons. The number of benzene rings is 3. The first kappa shape index (κ1) is 36.0. The summed E-state index contributed by atoms with van der Waals surface area (Å²) in [4.78, 5) is 47.7. The molecule has 0 bridgehead atoms. The molecule has 0 spiro atoms. The molecule has 0 radical (unpaired) electrons. The number of unbranched alkanes of at least 4 members (excludes halogenated alkanes) is 1. The van der Waals surface area contributed by atoms with E-state index in [0.29, 0.717) is 55.6 Å². The number of carbonyl (C=O) groups is 3. The van der Waals surface area contributed by atoms with E-state index in [1.807, 2.05) is 36.4 Å².